The maximum Gasteiger partial charge on any atom is 0.220 e. The van der Waals surface area contributed by atoms with Gasteiger partial charge in [-0.15, -0.1) is 0 Å². The molecule has 0 spiro atoms. The van der Waals surface area contributed by atoms with E-state index < -0.39 is 0 Å². The molecule has 0 unspecified atom stereocenters. The molecule has 1 aromatic rings. The maximum absolute atomic E-state index is 11.8. The quantitative estimate of drug-likeness (QED) is 0.824. The van der Waals surface area contributed by atoms with Crippen LogP contribution in [0.5, 0.6) is 11.5 Å². The molecule has 0 aliphatic heterocycles. The molecule has 0 saturated carbocycles. The molecule has 4 heteroatoms. The van der Waals surface area contributed by atoms with Gasteiger partial charge in [-0.05, 0) is 31.9 Å². The van der Waals surface area contributed by atoms with Crippen molar-refractivity contribution in [3.8, 4) is 11.5 Å². The molecule has 0 aliphatic rings. The van der Waals surface area contributed by atoms with Gasteiger partial charge in [0.15, 0.2) is 0 Å². The summed E-state index contributed by atoms with van der Waals surface area (Å²) in [7, 11) is 3.25. The van der Waals surface area contributed by atoms with Crippen LogP contribution in [0.15, 0.2) is 18.2 Å². The number of ether oxygens (including phenoxy) is 2. The van der Waals surface area contributed by atoms with Crippen molar-refractivity contribution in [1.29, 1.82) is 0 Å². The predicted molar refractivity (Wildman–Crippen MR) is 75.8 cm³/mol. The number of hydrogen-bond donors (Lipinski definition) is 1. The minimum absolute atomic E-state index is 0.0577. The summed E-state index contributed by atoms with van der Waals surface area (Å²) in [5.74, 6) is 1.58. The van der Waals surface area contributed by atoms with Crippen molar-refractivity contribution in [2.45, 2.75) is 39.2 Å². The van der Waals surface area contributed by atoms with Crippen molar-refractivity contribution in [3.63, 3.8) is 0 Å². The average Bonchev–Trinajstić information content (AvgIpc) is 2.44. The van der Waals surface area contributed by atoms with Crippen LogP contribution in [0, 0.1) is 0 Å². The maximum atomic E-state index is 11.8. The smallest absolute Gasteiger partial charge is 0.220 e. The summed E-state index contributed by atoms with van der Waals surface area (Å²) in [5, 5.41) is 2.95. The Morgan fingerprint density at radius 1 is 1.26 bits per heavy atom. The third-order valence-electron chi connectivity index (χ3n) is 3.15. The third kappa shape index (κ3) is 4.47. The van der Waals surface area contributed by atoms with Crippen LogP contribution in [0.2, 0.25) is 0 Å². The van der Waals surface area contributed by atoms with Crippen molar-refractivity contribution in [2.75, 3.05) is 14.2 Å². The zero-order chi connectivity index (χ0) is 14.3. The number of carbonyl (C=O) groups is 1. The molecule has 1 amide bonds. The van der Waals surface area contributed by atoms with E-state index in [1.165, 1.54) is 0 Å². The highest BCUT2D eigenvalue weighted by Gasteiger charge is 2.12. The first-order valence-corrected chi connectivity index (χ1v) is 6.61. The molecule has 4 nitrogen and oxygen atoms in total. The summed E-state index contributed by atoms with van der Waals surface area (Å²) in [6, 6.07) is 5.85. The molecular weight excluding hydrogens is 242 g/mol. The second kappa shape index (κ2) is 7.67. The van der Waals surface area contributed by atoms with Crippen molar-refractivity contribution >= 4 is 5.91 Å². The van der Waals surface area contributed by atoms with E-state index in [0.29, 0.717) is 12.8 Å². The van der Waals surface area contributed by atoms with Gasteiger partial charge in [0.1, 0.15) is 11.5 Å². The molecule has 1 aromatic carbocycles. The molecule has 0 aliphatic carbocycles. The fourth-order valence-corrected chi connectivity index (χ4v) is 1.86. The van der Waals surface area contributed by atoms with Crippen molar-refractivity contribution in [3.05, 3.63) is 23.8 Å². The molecule has 0 saturated heterocycles. The fourth-order valence-electron chi connectivity index (χ4n) is 1.86. The van der Waals surface area contributed by atoms with Crippen LogP contribution in [0.3, 0.4) is 0 Å². The van der Waals surface area contributed by atoms with Gasteiger partial charge in [0.05, 0.1) is 14.2 Å². The van der Waals surface area contributed by atoms with E-state index in [0.717, 1.165) is 23.5 Å². The number of methoxy groups -OCH3 is 2. The first-order chi connectivity index (χ1) is 9.12. The van der Waals surface area contributed by atoms with Crippen molar-refractivity contribution in [1.82, 2.24) is 5.32 Å². The molecule has 0 radical (unpaired) electrons. The Kier molecular flexibility index (Phi) is 6.19. The van der Waals surface area contributed by atoms with Gasteiger partial charge in [-0.2, -0.15) is 0 Å². The lowest BCUT2D eigenvalue weighted by Gasteiger charge is -2.14. The molecular formula is C15H23NO3. The third-order valence-corrected chi connectivity index (χ3v) is 3.15. The zero-order valence-electron chi connectivity index (χ0n) is 12.2. The highest BCUT2D eigenvalue weighted by atomic mass is 16.5. The van der Waals surface area contributed by atoms with Gasteiger partial charge in [-0.3, -0.25) is 4.79 Å². The van der Waals surface area contributed by atoms with Gasteiger partial charge >= 0.3 is 0 Å². The Morgan fingerprint density at radius 2 is 1.84 bits per heavy atom. The van der Waals surface area contributed by atoms with Crippen LogP contribution >= 0.6 is 0 Å². The van der Waals surface area contributed by atoms with Crippen LogP contribution in [0.4, 0.5) is 0 Å². The van der Waals surface area contributed by atoms with Crippen LogP contribution in [-0.2, 0) is 11.2 Å². The van der Waals surface area contributed by atoms with E-state index in [1.54, 1.807) is 14.2 Å². The zero-order valence-corrected chi connectivity index (χ0v) is 12.2. The topological polar surface area (TPSA) is 47.6 Å². The fraction of sp³-hybridized carbons (Fsp3) is 0.533. The molecule has 1 atom stereocenters. The number of hydrogen-bond acceptors (Lipinski definition) is 3. The second-order valence-electron chi connectivity index (χ2n) is 4.52. The van der Waals surface area contributed by atoms with E-state index >= 15 is 0 Å². The SMILES string of the molecule is CC[C@@H](C)NC(=O)CCc1c(OC)cccc1OC. The van der Waals surface area contributed by atoms with E-state index in [1.807, 2.05) is 32.0 Å². The Hall–Kier alpha value is -1.71. The monoisotopic (exact) mass is 265 g/mol. The highest BCUT2D eigenvalue weighted by Crippen LogP contribution is 2.29. The summed E-state index contributed by atoms with van der Waals surface area (Å²) in [6.45, 7) is 4.05. The van der Waals surface area contributed by atoms with Gasteiger partial charge in [-0.25, -0.2) is 0 Å². The van der Waals surface area contributed by atoms with E-state index in [-0.39, 0.29) is 11.9 Å². The minimum Gasteiger partial charge on any atom is -0.496 e. The van der Waals surface area contributed by atoms with Gasteiger partial charge in [0, 0.05) is 18.0 Å². The molecule has 1 N–H and O–H groups in total. The van der Waals surface area contributed by atoms with Gasteiger partial charge in [0.2, 0.25) is 5.91 Å². The summed E-state index contributed by atoms with van der Waals surface area (Å²) in [6.07, 6.45) is 1.97. The van der Waals surface area contributed by atoms with Gasteiger partial charge < -0.3 is 14.8 Å². The minimum atomic E-state index is 0.0577. The summed E-state index contributed by atoms with van der Waals surface area (Å²) in [4.78, 5) is 11.8. The lowest BCUT2D eigenvalue weighted by molar-refractivity contribution is -0.121. The van der Waals surface area contributed by atoms with Gasteiger partial charge in [-0.1, -0.05) is 13.0 Å². The largest absolute Gasteiger partial charge is 0.496 e. The van der Waals surface area contributed by atoms with Crippen LogP contribution in [0.1, 0.15) is 32.3 Å². The highest BCUT2D eigenvalue weighted by molar-refractivity contribution is 5.76. The van der Waals surface area contributed by atoms with Gasteiger partial charge in [0.25, 0.3) is 0 Å². The summed E-state index contributed by atoms with van der Waals surface area (Å²) in [5.41, 5.74) is 0.937. The van der Waals surface area contributed by atoms with Crippen LogP contribution in [0.25, 0.3) is 0 Å². The Labute approximate surface area is 115 Å². The number of benzene rings is 1. The molecule has 1 rings (SSSR count). The Balaban J connectivity index is 2.68. The molecule has 0 aromatic heterocycles. The molecule has 0 bridgehead atoms. The lowest BCUT2D eigenvalue weighted by Crippen LogP contribution is -2.32. The molecule has 0 heterocycles. The van der Waals surface area contributed by atoms with Crippen LogP contribution in [-0.4, -0.2) is 26.2 Å². The Bertz CT molecular complexity index is 396. The molecule has 0 fully saturated rings. The summed E-state index contributed by atoms with van der Waals surface area (Å²) < 4.78 is 10.6. The average molecular weight is 265 g/mol. The number of carbonyl (C=O) groups excluding carboxylic acids is 1. The molecule has 19 heavy (non-hydrogen) atoms. The van der Waals surface area contributed by atoms with Crippen molar-refractivity contribution < 1.29 is 14.3 Å². The summed E-state index contributed by atoms with van der Waals surface area (Å²) >= 11 is 0. The van der Waals surface area contributed by atoms with E-state index in [2.05, 4.69) is 5.32 Å². The van der Waals surface area contributed by atoms with E-state index in [9.17, 15) is 4.79 Å². The normalized spacial score (nSPS) is 11.8. The predicted octanol–water partition coefficient (Wildman–Crippen LogP) is 2.55. The standard InChI is InChI=1S/C15H23NO3/c1-5-11(2)16-15(17)10-9-12-13(18-3)7-6-8-14(12)19-4/h6-8,11H,5,9-10H2,1-4H3,(H,16,17)/t11-/m1/s1. The number of rotatable bonds is 7. The second-order valence-corrected chi connectivity index (χ2v) is 4.52. The Morgan fingerprint density at radius 3 is 2.32 bits per heavy atom. The number of nitrogens with one attached hydrogen (secondary N) is 1. The van der Waals surface area contributed by atoms with Crippen LogP contribution < -0.4 is 14.8 Å². The van der Waals surface area contributed by atoms with Crippen molar-refractivity contribution in [2.24, 2.45) is 0 Å². The van der Waals surface area contributed by atoms with E-state index in [4.69, 9.17) is 9.47 Å². The number of amides is 1. The first kappa shape index (κ1) is 15.3. The lowest BCUT2D eigenvalue weighted by atomic mass is 10.1. The molecule has 106 valence electrons. The first-order valence-electron chi connectivity index (χ1n) is 6.61.